The Balaban J connectivity index is 1.76. The van der Waals surface area contributed by atoms with E-state index >= 15 is 0 Å². The molecule has 1 unspecified atom stereocenters. The van der Waals surface area contributed by atoms with Gasteiger partial charge in [-0.1, -0.05) is 78.9 Å². The van der Waals surface area contributed by atoms with Gasteiger partial charge >= 0.3 is 19.2 Å². The lowest BCUT2D eigenvalue weighted by molar-refractivity contribution is -0.143. The first kappa shape index (κ1) is 24.8. The van der Waals surface area contributed by atoms with Crippen molar-refractivity contribution in [1.29, 1.82) is 0 Å². The van der Waals surface area contributed by atoms with Crippen LogP contribution >= 0.6 is 0 Å². The van der Waals surface area contributed by atoms with Gasteiger partial charge in [0.25, 0.3) is 0 Å². The average molecular weight is 463 g/mol. The summed E-state index contributed by atoms with van der Waals surface area (Å²) in [4.78, 5) is 24.8. The lowest BCUT2D eigenvalue weighted by Gasteiger charge is -2.20. The highest BCUT2D eigenvalue weighted by Gasteiger charge is 2.27. The van der Waals surface area contributed by atoms with Crippen molar-refractivity contribution in [3.63, 3.8) is 0 Å². The summed E-state index contributed by atoms with van der Waals surface area (Å²) in [6, 6.07) is 22.2. The zero-order valence-electron chi connectivity index (χ0n) is 18.7. The Labute approximate surface area is 198 Å². The molecule has 0 aliphatic carbocycles. The Morgan fingerprint density at radius 2 is 1.50 bits per heavy atom. The molecule has 0 aliphatic rings. The molecule has 0 aliphatic heterocycles. The molecule has 3 N–H and O–H groups in total. The van der Waals surface area contributed by atoms with Crippen LogP contribution in [-0.4, -0.2) is 42.4 Å². The summed E-state index contributed by atoms with van der Waals surface area (Å²) in [6.45, 7) is 0.213. The number of amides is 1. The van der Waals surface area contributed by atoms with Crippen molar-refractivity contribution in [1.82, 2.24) is 5.32 Å². The first-order valence-corrected chi connectivity index (χ1v) is 10.7. The van der Waals surface area contributed by atoms with Crippen molar-refractivity contribution < 1.29 is 33.8 Å². The number of ether oxygens (including phenoxy) is 3. The third kappa shape index (κ3) is 7.09. The fourth-order valence-electron chi connectivity index (χ4n) is 3.34. The lowest BCUT2D eigenvalue weighted by atomic mass is 9.78. The fraction of sp³-hybridized carbons (Fsp3) is 0.200. The second kappa shape index (κ2) is 12.4. The number of esters is 1. The third-order valence-corrected chi connectivity index (χ3v) is 5.05. The highest BCUT2D eigenvalue weighted by atomic mass is 16.6. The number of carbonyl (C=O) groups is 2. The van der Waals surface area contributed by atoms with Crippen LogP contribution in [0, 0.1) is 0 Å². The molecule has 0 spiro atoms. The van der Waals surface area contributed by atoms with E-state index in [1.807, 2.05) is 60.7 Å². The number of hydrogen-bond acceptors (Lipinski definition) is 7. The topological polar surface area (TPSA) is 114 Å². The molecule has 176 valence electrons. The minimum absolute atomic E-state index is 0.0161. The summed E-state index contributed by atoms with van der Waals surface area (Å²) < 4.78 is 16.0. The number of methoxy groups -OCH3 is 1. The molecule has 0 radical (unpaired) electrons. The molecule has 8 nitrogen and oxygen atoms in total. The van der Waals surface area contributed by atoms with Crippen molar-refractivity contribution in [2.24, 2.45) is 0 Å². The van der Waals surface area contributed by atoms with Crippen LogP contribution in [0.25, 0.3) is 0 Å². The molecule has 0 saturated carbocycles. The first-order chi connectivity index (χ1) is 16.5. The van der Waals surface area contributed by atoms with Gasteiger partial charge < -0.3 is 29.6 Å². The van der Waals surface area contributed by atoms with E-state index in [4.69, 9.17) is 14.2 Å². The van der Waals surface area contributed by atoms with E-state index < -0.39 is 25.2 Å². The van der Waals surface area contributed by atoms with Crippen molar-refractivity contribution in [3.05, 3.63) is 95.6 Å². The van der Waals surface area contributed by atoms with Gasteiger partial charge in [-0.25, -0.2) is 9.59 Å². The van der Waals surface area contributed by atoms with Gasteiger partial charge in [-0.3, -0.25) is 0 Å². The van der Waals surface area contributed by atoms with Gasteiger partial charge in [-0.05, 0) is 16.7 Å². The lowest BCUT2D eigenvalue weighted by Crippen LogP contribution is -2.43. The number of alkyl carbamates (subject to hydrolysis) is 1. The number of para-hydroxylation sites is 1. The number of rotatable bonds is 10. The van der Waals surface area contributed by atoms with Crippen LogP contribution < -0.4 is 15.5 Å². The molecular formula is C25H26BNO7. The van der Waals surface area contributed by atoms with Gasteiger partial charge in [0.05, 0.1) is 7.11 Å². The van der Waals surface area contributed by atoms with Gasteiger partial charge in [0, 0.05) is 11.9 Å². The Kier molecular flexibility index (Phi) is 9.08. The molecule has 34 heavy (non-hydrogen) atoms. The van der Waals surface area contributed by atoms with E-state index in [-0.39, 0.29) is 30.8 Å². The zero-order chi connectivity index (χ0) is 24.3. The third-order valence-electron chi connectivity index (χ3n) is 5.05. The molecule has 3 aromatic carbocycles. The van der Waals surface area contributed by atoms with Crippen LogP contribution in [0.2, 0.25) is 0 Å². The van der Waals surface area contributed by atoms with Gasteiger partial charge in [-0.2, -0.15) is 0 Å². The highest BCUT2D eigenvalue weighted by molar-refractivity contribution is 6.59. The maximum absolute atomic E-state index is 12.4. The van der Waals surface area contributed by atoms with Crippen LogP contribution in [-0.2, 0) is 33.9 Å². The van der Waals surface area contributed by atoms with E-state index in [9.17, 15) is 19.6 Å². The second-order valence-electron chi connectivity index (χ2n) is 7.47. The SMILES string of the molecule is COC(=O)C(Cc1cccc(B(O)O)c1OCc1ccccc1)NC(=O)OCc1ccccc1. The summed E-state index contributed by atoms with van der Waals surface area (Å²) in [6.07, 6.45) is -0.804. The molecule has 3 rings (SSSR count). The molecule has 0 fully saturated rings. The zero-order valence-corrected chi connectivity index (χ0v) is 18.7. The van der Waals surface area contributed by atoms with E-state index in [1.54, 1.807) is 12.1 Å². The molecule has 0 heterocycles. The molecule has 0 bridgehead atoms. The van der Waals surface area contributed by atoms with E-state index in [0.29, 0.717) is 5.56 Å². The second-order valence-corrected chi connectivity index (χ2v) is 7.47. The molecule has 3 aromatic rings. The van der Waals surface area contributed by atoms with Crippen LogP contribution in [0.3, 0.4) is 0 Å². The van der Waals surface area contributed by atoms with Crippen LogP contribution in [0.4, 0.5) is 4.79 Å². The van der Waals surface area contributed by atoms with Gasteiger partial charge in [0.15, 0.2) is 0 Å². The van der Waals surface area contributed by atoms with Crippen LogP contribution in [0.15, 0.2) is 78.9 Å². The maximum atomic E-state index is 12.4. The summed E-state index contributed by atoms with van der Waals surface area (Å²) in [5, 5.41) is 22.2. The van der Waals surface area contributed by atoms with E-state index in [2.05, 4.69) is 5.32 Å². The van der Waals surface area contributed by atoms with Crippen molar-refractivity contribution in [3.8, 4) is 5.75 Å². The summed E-state index contributed by atoms with van der Waals surface area (Å²) in [5.41, 5.74) is 2.31. The van der Waals surface area contributed by atoms with Gasteiger partial charge in [0.2, 0.25) is 0 Å². The highest BCUT2D eigenvalue weighted by Crippen LogP contribution is 2.20. The van der Waals surface area contributed by atoms with E-state index in [1.165, 1.54) is 13.2 Å². The molecule has 9 heteroatoms. The quantitative estimate of drug-likeness (QED) is 0.311. The Morgan fingerprint density at radius 3 is 2.09 bits per heavy atom. The van der Waals surface area contributed by atoms with Gasteiger partial charge in [-0.15, -0.1) is 0 Å². The predicted molar refractivity (Wildman–Crippen MR) is 126 cm³/mol. The molecular weight excluding hydrogens is 437 g/mol. The smallest absolute Gasteiger partial charge is 0.489 e. The van der Waals surface area contributed by atoms with Crippen molar-refractivity contribution in [2.75, 3.05) is 7.11 Å². The van der Waals surface area contributed by atoms with Crippen molar-refractivity contribution >= 4 is 24.6 Å². The number of carbonyl (C=O) groups excluding carboxylic acids is 2. The molecule has 0 saturated heterocycles. The van der Waals surface area contributed by atoms with Crippen LogP contribution in [0.5, 0.6) is 5.75 Å². The minimum Gasteiger partial charge on any atom is -0.489 e. The standard InChI is InChI=1S/C25H26BNO7/c1-32-24(28)22(27-25(29)34-17-19-11-6-3-7-12-19)15-20-13-8-14-21(26(30)31)23(20)33-16-18-9-4-2-5-10-18/h2-14,22,30-31H,15-17H2,1H3,(H,27,29). The molecule has 0 aromatic heterocycles. The Morgan fingerprint density at radius 1 is 0.882 bits per heavy atom. The van der Waals surface area contributed by atoms with Gasteiger partial charge in [0.1, 0.15) is 25.0 Å². The Hall–Kier alpha value is -3.82. The monoisotopic (exact) mass is 463 g/mol. The number of nitrogens with one attached hydrogen (secondary N) is 1. The summed E-state index contributed by atoms with van der Waals surface area (Å²) >= 11 is 0. The Bertz CT molecular complexity index is 1080. The summed E-state index contributed by atoms with van der Waals surface area (Å²) in [7, 11) is -0.571. The predicted octanol–water partition coefficient (Wildman–Crippen LogP) is 1.96. The average Bonchev–Trinajstić information content (AvgIpc) is 2.86. The number of hydrogen-bond donors (Lipinski definition) is 3. The molecule has 1 amide bonds. The normalized spacial score (nSPS) is 11.3. The van der Waals surface area contributed by atoms with Crippen molar-refractivity contribution in [2.45, 2.75) is 25.7 Å². The molecule has 1 atom stereocenters. The first-order valence-electron chi connectivity index (χ1n) is 10.7. The van der Waals surface area contributed by atoms with Crippen LogP contribution in [0.1, 0.15) is 16.7 Å². The fourth-order valence-corrected chi connectivity index (χ4v) is 3.34. The van der Waals surface area contributed by atoms with E-state index in [0.717, 1.165) is 11.1 Å². The largest absolute Gasteiger partial charge is 0.492 e. The summed E-state index contributed by atoms with van der Waals surface area (Å²) in [5.74, 6) is -0.463. The maximum Gasteiger partial charge on any atom is 0.492 e. The minimum atomic E-state index is -1.79. The number of benzene rings is 3.